The van der Waals surface area contributed by atoms with Crippen LogP contribution in [0.3, 0.4) is 0 Å². The third-order valence-corrected chi connectivity index (χ3v) is 5.57. The summed E-state index contributed by atoms with van der Waals surface area (Å²) in [5.41, 5.74) is 0.704. The normalized spacial score (nSPS) is 15.9. The molecule has 1 amide bonds. The van der Waals surface area contributed by atoms with E-state index in [1.807, 2.05) is 20.8 Å². The van der Waals surface area contributed by atoms with Crippen molar-refractivity contribution in [2.75, 3.05) is 26.4 Å². The van der Waals surface area contributed by atoms with Gasteiger partial charge in [0.2, 0.25) is 5.79 Å². The van der Waals surface area contributed by atoms with Gasteiger partial charge >= 0.3 is 12.1 Å². The number of likely N-dealkylation sites (N-methyl/N-ethyl adjacent to an activating group) is 1. The van der Waals surface area contributed by atoms with Crippen molar-refractivity contribution in [3.8, 4) is 0 Å². The van der Waals surface area contributed by atoms with Crippen LogP contribution < -0.4 is 0 Å². The lowest BCUT2D eigenvalue weighted by atomic mass is 10.2. The predicted octanol–water partition coefficient (Wildman–Crippen LogP) is 1.28. The first kappa shape index (κ1) is 23.6. The van der Waals surface area contributed by atoms with Crippen LogP contribution in [0.1, 0.15) is 41.5 Å². The molecule has 1 rings (SSSR count). The van der Waals surface area contributed by atoms with Crippen LogP contribution >= 0.6 is 0 Å². The SMILES string of the molecule is CC1=COC1=O.CCOC(C)(OCC)C([SiH3])(OCC)N(CC)C(=O)O. The van der Waals surface area contributed by atoms with Crippen molar-refractivity contribution in [2.24, 2.45) is 0 Å². The van der Waals surface area contributed by atoms with Crippen LogP contribution in [0, 0.1) is 0 Å². The molecule has 0 fully saturated rings. The lowest BCUT2D eigenvalue weighted by Crippen LogP contribution is -2.68. The molecule has 1 atom stereocenters. The number of cyclic esters (lactones) is 1. The van der Waals surface area contributed by atoms with Crippen LogP contribution in [0.2, 0.25) is 0 Å². The third-order valence-electron chi connectivity index (χ3n) is 3.83. The zero-order chi connectivity index (χ0) is 19.7. The Morgan fingerprint density at radius 2 is 1.64 bits per heavy atom. The minimum Gasteiger partial charge on any atom is -0.465 e. The highest BCUT2D eigenvalue weighted by Crippen LogP contribution is 2.32. The summed E-state index contributed by atoms with van der Waals surface area (Å²) in [6, 6.07) is 0. The van der Waals surface area contributed by atoms with E-state index in [0.717, 1.165) is 0 Å². The van der Waals surface area contributed by atoms with Gasteiger partial charge in [0.05, 0.1) is 15.8 Å². The lowest BCUT2D eigenvalue weighted by molar-refractivity contribution is -0.323. The second kappa shape index (κ2) is 10.5. The third kappa shape index (κ3) is 5.81. The quantitative estimate of drug-likeness (QED) is 0.367. The largest absolute Gasteiger partial charge is 0.465 e. The summed E-state index contributed by atoms with van der Waals surface area (Å²) in [5, 5.41) is 8.32. The summed E-state index contributed by atoms with van der Waals surface area (Å²) in [4.78, 5) is 22.7. The first-order chi connectivity index (χ1) is 11.6. The van der Waals surface area contributed by atoms with E-state index in [9.17, 15) is 14.7 Å². The van der Waals surface area contributed by atoms with Crippen molar-refractivity contribution in [3.05, 3.63) is 11.8 Å². The Labute approximate surface area is 152 Å². The monoisotopic (exact) mass is 377 g/mol. The van der Waals surface area contributed by atoms with Crippen molar-refractivity contribution < 1.29 is 33.6 Å². The molecule has 8 nitrogen and oxygen atoms in total. The van der Waals surface area contributed by atoms with Crippen LogP contribution in [-0.4, -0.2) is 69.8 Å². The van der Waals surface area contributed by atoms with Crippen molar-refractivity contribution in [1.82, 2.24) is 4.90 Å². The number of esters is 1. The molecule has 0 bridgehead atoms. The molecule has 1 heterocycles. The molecule has 0 aromatic carbocycles. The first-order valence-electron chi connectivity index (χ1n) is 8.43. The van der Waals surface area contributed by atoms with E-state index < -0.39 is 17.2 Å². The van der Waals surface area contributed by atoms with E-state index >= 15 is 0 Å². The zero-order valence-electron chi connectivity index (χ0n) is 16.2. The fourth-order valence-electron chi connectivity index (χ4n) is 2.44. The van der Waals surface area contributed by atoms with Crippen molar-refractivity contribution in [3.63, 3.8) is 0 Å². The molecule has 1 aliphatic heterocycles. The molecule has 0 radical (unpaired) electrons. The van der Waals surface area contributed by atoms with Crippen molar-refractivity contribution in [1.29, 1.82) is 0 Å². The Balaban J connectivity index is 0.000000796. The maximum atomic E-state index is 11.5. The molecule has 1 aliphatic rings. The Bertz CT molecular complexity index is 477. The molecule has 9 heteroatoms. The number of rotatable bonds is 9. The highest BCUT2D eigenvalue weighted by atomic mass is 28.1. The van der Waals surface area contributed by atoms with E-state index in [4.69, 9.17) is 14.2 Å². The van der Waals surface area contributed by atoms with Crippen molar-refractivity contribution in [2.45, 2.75) is 52.7 Å². The summed E-state index contributed by atoms with van der Waals surface area (Å²) in [5.74, 6) is -1.30. The minimum atomic E-state index is -1.10. The Hall–Kier alpha value is -1.42. The number of carboxylic acid groups (broad SMARTS) is 1. The molecule has 0 aromatic heterocycles. The fourth-order valence-corrected chi connectivity index (χ4v) is 3.52. The smallest absolute Gasteiger partial charge is 0.409 e. The molecule has 1 unspecified atom stereocenters. The number of carbonyl (C=O) groups excluding carboxylic acids is 1. The summed E-state index contributed by atoms with van der Waals surface area (Å²) < 4.78 is 21.4. The molecule has 0 aliphatic carbocycles. The number of ether oxygens (including phenoxy) is 4. The maximum Gasteiger partial charge on any atom is 0.409 e. The van der Waals surface area contributed by atoms with Crippen molar-refractivity contribution >= 4 is 22.3 Å². The van der Waals surface area contributed by atoms with Gasteiger partial charge in [-0.25, -0.2) is 9.59 Å². The van der Waals surface area contributed by atoms with Crippen LogP contribution in [0.4, 0.5) is 4.79 Å². The second-order valence-corrected chi connectivity index (χ2v) is 6.82. The Kier molecular flexibility index (Phi) is 9.94. The van der Waals surface area contributed by atoms with Gasteiger partial charge in [0, 0.05) is 26.4 Å². The lowest BCUT2D eigenvalue weighted by Gasteiger charge is -2.49. The molecule has 0 spiro atoms. The Morgan fingerprint density at radius 1 is 1.20 bits per heavy atom. The molecule has 146 valence electrons. The van der Waals surface area contributed by atoms with E-state index in [1.54, 1.807) is 20.8 Å². The second-order valence-electron chi connectivity index (χ2n) is 5.46. The van der Waals surface area contributed by atoms with Gasteiger partial charge < -0.3 is 24.1 Å². The van der Waals surface area contributed by atoms with Crippen LogP contribution in [0.25, 0.3) is 0 Å². The molecular weight excluding hydrogens is 346 g/mol. The number of nitrogens with zero attached hydrogens (tertiary/aromatic N) is 1. The number of carbonyl (C=O) groups is 2. The Morgan fingerprint density at radius 3 is 1.84 bits per heavy atom. The predicted molar refractivity (Wildman–Crippen MR) is 96.2 cm³/mol. The first-order valence-corrected chi connectivity index (χ1v) is 9.43. The van der Waals surface area contributed by atoms with Crippen LogP contribution in [-0.2, 0) is 23.7 Å². The maximum absolute atomic E-state index is 11.5. The number of amides is 1. The van der Waals surface area contributed by atoms with Gasteiger partial charge in [-0.3, -0.25) is 4.90 Å². The van der Waals surface area contributed by atoms with E-state index in [2.05, 4.69) is 4.74 Å². The summed E-state index contributed by atoms with van der Waals surface area (Å²) in [7, 11) is 0.428. The highest BCUT2D eigenvalue weighted by molar-refractivity contribution is 6.16. The van der Waals surface area contributed by atoms with Gasteiger partial charge in [-0.15, -0.1) is 0 Å². The molecule has 0 saturated heterocycles. The minimum absolute atomic E-state index is 0.199. The van der Waals surface area contributed by atoms with Gasteiger partial charge in [-0.1, -0.05) is 0 Å². The highest BCUT2D eigenvalue weighted by Gasteiger charge is 2.53. The van der Waals surface area contributed by atoms with Gasteiger partial charge in [0.25, 0.3) is 0 Å². The average Bonchev–Trinajstić information content (AvgIpc) is 2.54. The number of hydrogen-bond donors (Lipinski definition) is 1. The summed E-state index contributed by atoms with van der Waals surface area (Å²) >= 11 is 0. The molecule has 25 heavy (non-hydrogen) atoms. The average molecular weight is 378 g/mol. The van der Waals surface area contributed by atoms with Gasteiger partial charge in [0.1, 0.15) is 6.26 Å². The van der Waals surface area contributed by atoms with Crippen LogP contribution in [0.5, 0.6) is 0 Å². The molecular formula is C16H31NO7Si. The summed E-state index contributed by atoms with van der Waals surface area (Å²) in [6.07, 6.45) is 0.402. The molecule has 0 aromatic rings. The van der Waals surface area contributed by atoms with Gasteiger partial charge in [-0.2, -0.15) is 0 Å². The zero-order valence-corrected chi connectivity index (χ0v) is 18.2. The number of hydrogen-bond acceptors (Lipinski definition) is 6. The molecule has 0 saturated carbocycles. The fraction of sp³-hybridized carbons (Fsp3) is 0.750. The van der Waals surface area contributed by atoms with E-state index in [-0.39, 0.29) is 5.97 Å². The van der Waals surface area contributed by atoms with Gasteiger partial charge in [-0.05, 0) is 41.5 Å². The van der Waals surface area contributed by atoms with E-state index in [1.165, 1.54) is 11.2 Å². The van der Waals surface area contributed by atoms with E-state index in [0.29, 0.717) is 42.2 Å². The van der Waals surface area contributed by atoms with Crippen LogP contribution in [0.15, 0.2) is 11.8 Å². The van der Waals surface area contributed by atoms with Gasteiger partial charge in [0.15, 0.2) is 5.35 Å². The standard InChI is InChI=1S/C12H27NO5Si.C4H4O2/c1-6-13(10(14)15)12(19,18-9-4)11(5,16-7-2)17-8-3;1-3-2-6-4(3)5/h6-9H2,1-5,19H3,(H,14,15);2H,1H3. The topological polar surface area (TPSA) is 94.5 Å². The summed E-state index contributed by atoms with van der Waals surface area (Å²) in [6.45, 7) is 12.3. The molecule has 1 N–H and O–H groups in total.